The maximum atomic E-state index is 4.64. The van der Waals surface area contributed by atoms with Crippen molar-refractivity contribution in [2.45, 2.75) is 32.7 Å². The molecule has 0 unspecified atom stereocenters. The lowest BCUT2D eigenvalue weighted by Crippen LogP contribution is -2.17. The molecule has 1 aromatic heterocycles. The fraction of sp³-hybridized carbons (Fsp3) is 0.583. The topological polar surface area (TPSA) is 16.1 Å². The van der Waals surface area contributed by atoms with Crippen LogP contribution in [0.3, 0.4) is 0 Å². The van der Waals surface area contributed by atoms with E-state index >= 15 is 0 Å². The van der Waals surface area contributed by atoms with Gasteiger partial charge >= 0.3 is 0 Å². The molecule has 0 atom stereocenters. The average Bonchev–Trinajstić information content (AvgIpc) is 2.01. The van der Waals surface area contributed by atoms with Crippen LogP contribution in [0.25, 0.3) is 0 Å². The summed E-state index contributed by atoms with van der Waals surface area (Å²) in [5.74, 6) is 0. The Bertz CT molecular complexity index is 297. The highest BCUT2D eigenvalue weighted by molar-refractivity contribution is 5.17. The van der Waals surface area contributed by atoms with E-state index in [1.54, 1.807) is 0 Å². The Kier molecular flexibility index (Phi) is 3.27. The zero-order valence-electron chi connectivity index (χ0n) is 9.83. The summed E-state index contributed by atoms with van der Waals surface area (Å²) < 4.78 is 0. The van der Waals surface area contributed by atoms with Crippen LogP contribution in [0.2, 0.25) is 0 Å². The number of nitrogens with zero attached hydrogens (tertiary/aromatic N) is 2. The van der Waals surface area contributed by atoms with E-state index in [2.05, 4.69) is 62.9 Å². The van der Waals surface area contributed by atoms with Crippen LogP contribution in [0.4, 0.5) is 0 Å². The molecule has 0 saturated carbocycles. The molecule has 14 heavy (non-hydrogen) atoms. The monoisotopic (exact) mass is 192 g/mol. The molecule has 0 aliphatic carbocycles. The van der Waals surface area contributed by atoms with Gasteiger partial charge in [0.05, 0.1) is 5.69 Å². The predicted molar refractivity (Wildman–Crippen MR) is 60.3 cm³/mol. The van der Waals surface area contributed by atoms with Gasteiger partial charge in [0.25, 0.3) is 0 Å². The molecule has 1 rings (SSSR count). The molecular formula is C12H20N2. The van der Waals surface area contributed by atoms with Crippen LogP contribution in [0, 0.1) is 0 Å². The zero-order chi connectivity index (χ0) is 10.8. The summed E-state index contributed by atoms with van der Waals surface area (Å²) in [6.07, 6.45) is 0. The van der Waals surface area contributed by atoms with E-state index in [0.29, 0.717) is 0 Å². The highest BCUT2D eigenvalue weighted by Gasteiger charge is 2.15. The largest absolute Gasteiger partial charge is 0.304 e. The third kappa shape index (κ3) is 3.11. The standard InChI is InChI=1S/C12H20N2/c1-12(2,3)11-8-6-7-10(13-11)9-14(4)5/h6-8H,9H2,1-5H3. The van der Waals surface area contributed by atoms with Gasteiger partial charge in [-0.05, 0) is 26.2 Å². The Morgan fingerprint density at radius 3 is 2.36 bits per heavy atom. The first-order chi connectivity index (χ1) is 6.39. The Balaban J connectivity index is 2.90. The molecular weight excluding hydrogens is 172 g/mol. The minimum absolute atomic E-state index is 0.141. The first kappa shape index (κ1) is 11.2. The Hall–Kier alpha value is -0.890. The second kappa shape index (κ2) is 4.09. The van der Waals surface area contributed by atoms with E-state index in [9.17, 15) is 0 Å². The van der Waals surface area contributed by atoms with E-state index in [-0.39, 0.29) is 5.41 Å². The summed E-state index contributed by atoms with van der Waals surface area (Å²) in [6.45, 7) is 7.47. The first-order valence-electron chi connectivity index (χ1n) is 5.01. The molecule has 1 heterocycles. The van der Waals surface area contributed by atoms with E-state index < -0.39 is 0 Å². The van der Waals surface area contributed by atoms with Crippen LogP contribution in [-0.2, 0) is 12.0 Å². The van der Waals surface area contributed by atoms with Crippen LogP contribution < -0.4 is 0 Å². The lowest BCUT2D eigenvalue weighted by molar-refractivity contribution is 0.395. The molecule has 0 aliphatic rings. The van der Waals surface area contributed by atoms with E-state index in [1.165, 1.54) is 0 Å². The van der Waals surface area contributed by atoms with Gasteiger partial charge in [0, 0.05) is 17.7 Å². The molecule has 0 fully saturated rings. The highest BCUT2D eigenvalue weighted by Crippen LogP contribution is 2.19. The highest BCUT2D eigenvalue weighted by atomic mass is 15.1. The second-order valence-corrected chi connectivity index (χ2v) is 5.00. The summed E-state index contributed by atoms with van der Waals surface area (Å²) >= 11 is 0. The van der Waals surface area contributed by atoms with E-state index in [1.807, 2.05) is 0 Å². The van der Waals surface area contributed by atoms with Gasteiger partial charge in [-0.3, -0.25) is 4.98 Å². The summed E-state index contributed by atoms with van der Waals surface area (Å²) in [5.41, 5.74) is 2.45. The predicted octanol–water partition coefficient (Wildman–Crippen LogP) is 2.44. The smallest absolute Gasteiger partial charge is 0.0547 e. The van der Waals surface area contributed by atoms with Crippen LogP contribution >= 0.6 is 0 Å². The van der Waals surface area contributed by atoms with Crippen LogP contribution in [0.15, 0.2) is 18.2 Å². The first-order valence-corrected chi connectivity index (χ1v) is 5.01. The summed E-state index contributed by atoms with van der Waals surface area (Å²) in [7, 11) is 4.12. The normalized spacial score (nSPS) is 12.1. The number of pyridine rings is 1. The Labute approximate surface area is 87.0 Å². The van der Waals surface area contributed by atoms with Gasteiger partial charge in [0.1, 0.15) is 0 Å². The van der Waals surface area contributed by atoms with Crippen molar-refractivity contribution in [2.24, 2.45) is 0 Å². The lowest BCUT2D eigenvalue weighted by atomic mass is 9.91. The summed E-state index contributed by atoms with van der Waals surface area (Å²) in [4.78, 5) is 6.78. The lowest BCUT2D eigenvalue weighted by Gasteiger charge is -2.19. The third-order valence-corrected chi connectivity index (χ3v) is 2.05. The molecule has 0 amide bonds. The van der Waals surface area contributed by atoms with Crippen molar-refractivity contribution < 1.29 is 0 Å². The molecule has 1 aromatic rings. The maximum absolute atomic E-state index is 4.64. The number of rotatable bonds is 2. The molecule has 0 saturated heterocycles. The van der Waals surface area contributed by atoms with Crippen molar-refractivity contribution in [3.63, 3.8) is 0 Å². The quantitative estimate of drug-likeness (QED) is 0.715. The van der Waals surface area contributed by atoms with Crippen molar-refractivity contribution in [3.8, 4) is 0 Å². The molecule has 2 heteroatoms. The molecule has 0 N–H and O–H groups in total. The van der Waals surface area contributed by atoms with E-state index in [0.717, 1.165) is 17.9 Å². The van der Waals surface area contributed by atoms with Gasteiger partial charge in [-0.2, -0.15) is 0 Å². The molecule has 0 aromatic carbocycles. The third-order valence-electron chi connectivity index (χ3n) is 2.05. The molecule has 0 bridgehead atoms. The Morgan fingerprint density at radius 2 is 1.86 bits per heavy atom. The maximum Gasteiger partial charge on any atom is 0.0547 e. The zero-order valence-corrected chi connectivity index (χ0v) is 9.83. The fourth-order valence-electron chi connectivity index (χ4n) is 1.31. The number of aromatic nitrogens is 1. The van der Waals surface area contributed by atoms with Gasteiger partial charge in [0.2, 0.25) is 0 Å². The minimum atomic E-state index is 0.141. The van der Waals surface area contributed by atoms with Gasteiger partial charge in [0.15, 0.2) is 0 Å². The van der Waals surface area contributed by atoms with Gasteiger partial charge in [-0.25, -0.2) is 0 Å². The Morgan fingerprint density at radius 1 is 1.21 bits per heavy atom. The fourth-order valence-corrected chi connectivity index (χ4v) is 1.31. The molecule has 0 aliphatic heterocycles. The van der Waals surface area contributed by atoms with Gasteiger partial charge in [-0.1, -0.05) is 26.8 Å². The summed E-state index contributed by atoms with van der Waals surface area (Å²) in [5, 5.41) is 0. The van der Waals surface area contributed by atoms with E-state index in [4.69, 9.17) is 0 Å². The van der Waals surface area contributed by atoms with Crippen molar-refractivity contribution in [3.05, 3.63) is 29.6 Å². The SMILES string of the molecule is CN(C)Cc1cccc(C(C)(C)C)n1. The van der Waals surface area contributed by atoms with Gasteiger partial charge in [-0.15, -0.1) is 0 Å². The summed E-state index contributed by atoms with van der Waals surface area (Å²) in [6, 6.07) is 6.26. The van der Waals surface area contributed by atoms with Crippen LogP contribution in [0.1, 0.15) is 32.2 Å². The molecule has 78 valence electrons. The average molecular weight is 192 g/mol. The number of hydrogen-bond donors (Lipinski definition) is 0. The molecule has 0 spiro atoms. The van der Waals surface area contributed by atoms with Crippen molar-refractivity contribution >= 4 is 0 Å². The van der Waals surface area contributed by atoms with Crippen molar-refractivity contribution in [2.75, 3.05) is 14.1 Å². The van der Waals surface area contributed by atoms with Crippen molar-refractivity contribution in [1.82, 2.24) is 9.88 Å². The van der Waals surface area contributed by atoms with Crippen molar-refractivity contribution in [1.29, 1.82) is 0 Å². The second-order valence-electron chi connectivity index (χ2n) is 5.00. The van der Waals surface area contributed by atoms with Gasteiger partial charge < -0.3 is 4.90 Å². The molecule has 2 nitrogen and oxygen atoms in total. The van der Waals surface area contributed by atoms with Crippen LogP contribution in [-0.4, -0.2) is 24.0 Å². The molecule has 0 radical (unpaired) electrons. The number of hydrogen-bond acceptors (Lipinski definition) is 2. The van der Waals surface area contributed by atoms with Crippen LogP contribution in [0.5, 0.6) is 0 Å². The minimum Gasteiger partial charge on any atom is -0.304 e.